The van der Waals surface area contributed by atoms with Crippen LogP contribution >= 0.6 is 0 Å². The minimum atomic E-state index is -0.616. The van der Waals surface area contributed by atoms with E-state index in [1.807, 2.05) is 0 Å². The van der Waals surface area contributed by atoms with Gasteiger partial charge in [-0.2, -0.15) is 0 Å². The van der Waals surface area contributed by atoms with Crippen LogP contribution in [0.5, 0.6) is 0 Å². The van der Waals surface area contributed by atoms with Gasteiger partial charge < -0.3 is 15.1 Å². The van der Waals surface area contributed by atoms with Crippen molar-refractivity contribution in [2.45, 2.75) is 58.4 Å². The highest BCUT2D eigenvalue weighted by atomic mass is 16.3. The largest absolute Gasteiger partial charge is 0.467 e. The third-order valence-corrected chi connectivity index (χ3v) is 3.28. The van der Waals surface area contributed by atoms with Crippen LogP contribution in [0.4, 0.5) is 0 Å². The molecule has 1 heterocycles. The third kappa shape index (κ3) is 8.17. The Morgan fingerprint density at radius 3 is 2.33 bits per heavy atom. The Kier molecular flexibility index (Phi) is 9.00. The first-order valence-electron chi connectivity index (χ1n) is 7.82. The van der Waals surface area contributed by atoms with Crippen LogP contribution in [-0.2, 0) is 16.1 Å². The van der Waals surface area contributed by atoms with Crippen LogP contribution in [0, 0.1) is 0 Å². The zero-order valence-corrected chi connectivity index (χ0v) is 12.8. The molecule has 5 heteroatoms. The van der Waals surface area contributed by atoms with Gasteiger partial charge in [-0.3, -0.25) is 9.59 Å². The van der Waals surface area contributed by atoms with E-state index in [0.717, 1.165) is 12.8 Å². The summed E-state index contributed by atoms with van der Waals surface area (Å²) in [6, 6.07) is 3.48. The van der Waals surface area contributed by atoms with E-state index >= 15 is 0 Å². The monoisotopic (exact) mass is 294 g/mol. The van der Waals surface area contributed by atoms with Gasteiger partial charge in [0.05, 0.1) is 12.8 Å². The van der Waals surface area contributed by atoms with Gasteiger partial charge in [-0.15, -0.1) is 0 Å². The van der Waals surface area contributed by atoms with E-state index in [4.69, 9.17) is 4.42 Å². The summed E-state index contributed by atoms with van der Waals surface area (Å²) in [6.45, 7) is 2.99. The maximum atomic E-state index is 11.5. The van der Waals surface area contributed by atoms with Gasteiger partial charge in [0.25, 0.3) is 0 Å². The molecule has 0 aliphatic heterocycles. The summed E-state index contributed by atoms with van der Waals surface area (Å²) in [7, 11) is 0. The fourth-order valence-electron chi connectivity index (χ4n) is 2.03. The lowest BCUT2D eigenvalue weighted by Crippen LogP contribution is -2.39. The van der Waals surface area contributed by atoms with Crippen LogP contribution < -0.4 is 10.6 Å². The number of rotatable bonds is 10. The summed E-state index contributed by atoms with van der Waals surface area (Å²) in [5.41, 5.74) is 0. The maximum absolute atomic E-state index is 11.5. The smallest absolute Gasteiger partial charge is 0.309 e. The molecule has 0 aliphatic rings. The predicted molar refractivity (Wildman–Crippen MR) is 81.6 cm³/mol. The summed E-state index contributed by atoms with van der Waals surface area (Å²) in [5, 5.41) is 5.15. The second-order valence-electron chi connectivity index (χ2n) is 5.14. The Balaban J connectivity index is 1.98. The van der Waals surface area contributed by atoms with E-state index in [-0.39, 0.29) is 6.54 Å². The SMILES string of the molecule is CCCCCCCCCNC(=O)C(=O)NCc1ccco1. The topological polar surface area (TPSA) is 71.3 Å². The molecule has 0 aromatic carbocycles. The van der Waals surface area contributed by atoms with E-state index in [9.17, 15) is 9.59 Å². The van der Waals surface area contributed by atoms with Crippen LogP contribution in [0.3, 0.4) is 0 Å². The summed E-state index contributed by atoms with van der Waals surface area (Å²) < 4.78 is 5.07. The highest BCUT2D eigenvalue weighted by Crippen LogP contribution is 2.06. The van der Waals surface area contributed by atoms with E-state index in [1.165, 1.54) is 38.4 Å². The van der Waals surface area contributed by atoms with Gasteiger partial charge in [-0.25, -0.2) is 0 Å². The van der Waals surface area contributed by atoms with E-state index in [2.05, 4.69) is 17.6 Å². The predicted octanol–water partition coefficient (Wildman–Crippen LogP) is 2.76. The minimum Gasteiger partial charge on any atom is -0.467 e. The van der Waals surface area contributed by atoms with Crippen molar-refractivity contribution in [3.63, 3.8) is 0 Å². The Morgan fingerprint density at radius 1 is 1.00 bits per heavy atom. The average Bonchev–Trinajstić information content (AvgIpc) is 3.00. The molecule has 5 nitrogen and oxygen atoms in total. The molecule has 0 bridgehead atoms. The second kappa shape index (κ2) is 10.9. The van der Waals surface area contributed by atoms with Gasteiger partial charge in [0.2, 0.25) is 0 Å². The number of hydrogen-bond donors (Lipinski definition) is 2. The summed E-state index contributed by atoms with van der Waals surface area (Å²) in [5.74, 6) is -0.565. The number of carbonyl (C=O) groups is 2. The normalized spacial score (nSPS) is 10.3. The number of amides is 2. The van der Waals surface area contributed by atoms with Crippen molar-refractivity contribution in [3.05, 3.63) is 24.2 Å². The maximum Gasteiger partial charge on any atom is 0.309 e. The van der Waals surface area contributed by atoms with Gasteiger partial charge >= 0.3 is 11.8 Å². The standard InChI is InChI=1S/C16H26N2O3/c1-2-3-4-5-6-7-8-11-17-15(19)16(20)18-13-14-10-9-12-21-14/h9-10,12H,2-8,11,13H2,1H3,(H,17,19)(H,18,20). The van der Waals surface area contributed by atoms with Crippen LogP contribution in [0.25, 0.3) is 0 Å². The fourth-order valence-corrected chi connectivity index (χ4v) is 2.03. The van der Waals surface area contributed by atoms with Crippen LogP contribution in [0.15, 0.2) is 22.8 Å². The molecule has 0 atom stereocenters. The second-order valence-corrected chi connectivity index (χ2v) is 5.14. The first kappa shape index (κ1) is 17.3. The third-order valence-electron chi connectivity index (χ3n) is 3.28. The molecule has 0 unspecified atom stereocenters. The molecule has 1 rings (SSSR count). The lowest BCUT2D eigenvalue weighted by atomic mass is 10.1. The van der Waals surface area contributed by atoms with Crippen LogP contribution in [0.2, 0.25) is 0 Å². The first-order valence-corrected chi connectivity index (χ1v) is 7.82. The van der Waals surface area contributed by atoms with E-state index in [1.54, 1.807) is 12.1 Å². The molecule has 0 fully saturated rings. The number of carbonyl (C=O) groups excluding carboxylic acids is 2. The van der Waals surface area contributed by atoms with E-state index in [0.29, 0.717) is 12.3 Å². The molecule has 0 saturated heterocycles. The molecular formula is C16H26N2O3. The number of nitrogens with one attached hydrogen (secondary N) is 2. The van der Waals surface area contributed by atoms with E-state index < -0.39 is 11.8 Å². The molecule has 1 aromatic rings. The molecule has 0 saturated carbocycles. The summed E-state index contributed by atoms with van der Waals surface area (Å²) >= 11 is 0. The molecular weight excluding hydrogens is 268 g/mol. The Bertz CT molecular complexity index is 402. The Hall–Kier alpha value is -1.78. The fraction of sp³-hybridized carbons (Fsp3) is 0.625. The molecule has 0 spiro atoms. The van der Waals surface area contributed by atoms with Crippen LogP contribution in [0.1, 0.15) is 57.6 Å². The summed E-state index contributed by atoms with van der Waals surface area (Å²) in [4.78, 5) is 23.0. The quantitative estimate of drug-likeness (QED) is 0.515. The Morgan fingerprint density at radius 2 is 1.67 bits per heavy atom. The molecule has 1 aromatic heterocycles. The molecule has 0 aliphatic carbocycles. The molecule has 2 amide bonds. The highest BCUT2D eigenvalue weighted by Gasteiger charge is 2.12. The number of hydrogen-bond acceptors (Lipinski definition) is 3. The minimum absolute atomic E-state index is 0.233. The Labute approximate surface area is 126 Å². The van der Waals surface area contributed by atoms with Crippen molar-refractivity contribution in [1.29, 1.82) is 0 Å². The molecule has 2 N–H and O–H groups in total. The molecule has 118 valence electrons. The first-order chi connectivity index (χ1) is 10.2. The zero-order valence-electron chi connectivity index (χ0n) is 12.8. The number of furan rings is 1. The lowest BCUT2D eigenvalue weighted by Gasteiger charge is -2.05. The summed E-state index contributed by atoms with van der Waals surface area (Å²) in [6.07, 6.45) is 9.84. The van der Waals surface area contributed by atoms with Crippen molar-refractivity contribution in [2.24, 2.45) is 0 Å². The average molecular weight is 294 g/mol. The van der Waals surface area contributed by atoms with Crippen molar-refractivity contribution < 1.29 is 14.0 Å². The molecule has 21 heavy (non-hydrogen) atoms. The van der Waals surface area contributed by atoms with Crippen molar-refractivity contribution in [1.82, 2.24) is 10.6 Å². The van der Waals surface area contributed by atoms with Gasteiger partial charge in [0.1, 0.15) is 5.76 Å². The zero-order chi connectivity index (χ0) is 15.3. The van der Waals surface area contributed by atoms with Gasteiger partial charge in [0.15, 0.2) is 0 Å². The van der Waals surface area contributed by atoms with Gasteiger partial charge in [-0.05, 0) is 18.6 Å². The van der Waals surface area contributed by atoms with Crippen molar-refractivity contribution >= 4 is 11.8 Å². The van der Waals surface area contributed by atoms with Crippen molar-refractivity contribution in [3.8, 4) is 0 Å². The van der Waals surface area contributed by atoms with Gasteiger partial charge in [0, 0.05) is 6.54 Å². The lowest BCUT2D eigenvalue weighted by molar-refractivity contribution is -0.139. The molecule has 0 radical (unpaired) electrons. The number of unbranched alkanes of at least 4 members (excludes halogenated alkanes) is 6. The van der Waals surface area contributed by atoms with Gasteiger partial charge in [-0.1, -0.05) is 45.4 Å². The van der Waals surface area contributed by atoms with Crippen molar-refractivity contribution in [2.75, 3.05) is 6.54 Å². The van der Waals surface area contributed by atoms with Crippen LogP contribution in [-0.4, -0.2) is 18.4 Å². The highest BCUT2D eigenvalue weighted by molar-refractivity contribution is 6.35.